The number of carbonyl (C=O) groups excluding carboxylic acids is 1. The minimum Gasteiger partial charge on any atom is -0.397 e. The maximum atomic E-state index is 12.2. The predicted molar refractivity (Wildman–Crippen MR) is 105 cm³/mol. The number of pyridine rings is 2. The molecule has 2 heterocycles. The van der Waals surface area contributed by atoms with Crippen LogP contribution >= 0.6 is 11.6 Å². The van der Waals surface area contributed by atoms with Gasteiger partial charge in [-0.2, -0.15) is 5.26 Å². The number of halogens is 1. The van der Waals surface area contributed by atoms with Crippen LogP contribution in [0.5, 0.6) is 0 Å². The minimum atomic E-state index is -0.253. The normalized spacial score (nSPS) is 18.1. The molecule has 3 aromatic rings. The molecule has 6 nitrogen and oxygen atoms in total. The van der Waals surface area contributed by atoms with Crippen LogP contribution in [0, 0.1) is 30.1 Å². The highest BCUT2D eigenvalue weighted by atomic mass is 35.5. The van der Waals surface area contributed by atoms with Crippen molar-refractivity contribution in [1.82, 2.24) is 9.97 Å². The van der Waals surface area contributed by atoms with Gasteiger partial charge in [-0.3, -0.25) is 9.78 Å². The van der Waals surface area contributed by atoms with Gasteiger partial charge in [0.2, 0.25) is 5.91 Å². The molecule has 1 aromatic carbocycles. The molecule has 0 unspecified atom stereocenters. The maximum absolute atomic E-state index is 12.2. The number of benzene rings is 1. The highest BCUT2D eigenvalue weighted by molar-refractivity contribution is 6.37. The van der Waals surface area contributed by atoms with Gasteiger partial charge in [-0.05, 0) is 42.5 Å². The van der Waals surface area contributed by atoms with E-state index >= 15 is 0 Å². The van der Waals surface area contributed by atoms with E-state index in [9.17, 15) is 4.79 Å². The highest BCUT2D eigenvalue weighted by Crippen LogP contribution is 2.40. The summed E-state index contributed by atoms with van der Waals surface area (Å²) >= 11 is 6.50. The van der Waals surface area contributed by atoms with Gasteiger partial charge < -0.3 is 11.1 Å². The van der Waals surface area contributed by atoms with E-state index in [1.54, 1.807) is 24.7 Å². The van der Waals surface area contributed by atoms with Crippen molar-refractivity contribution in [1.29, 1.82) is 5.26 Å². The Hall–Kier alpha value is -3.17. The van der Waals surface area contributed by atoms with Crippen LogP contribution in [-0.2, 0) is 4.79 Å². The summed E-state index contributed by atoms with van der Waals surface area (Å²) in [4.78, 5) is 20.6. The molecule has 1 amide bonds. The van der Waals surface area contributed by atoms with Crippen LogP contribution in [0.4, 0.5) is 11.5 Å². The summed E-state index contributed by atoms with van der Waals surface area (Å²) < 4.78 is 0. The summed E-state index contributed by atoms with van der Waals surface area (Å²) in [7, 11) is 0. The van der Waals surface area contributed by atoms with E-state index in [0.717, 1.165) is 22.1 Å². The lowest BCUT2D eigenvalue weighted by Gasteiger charge is -2.13. The summed E-state index contributed by atoms with van der Waals surface area (Å²) in [5, 5.41) is 13.6. The van der Waals surface area contributed by atoms with Crippen LogP contribution in [0.1, 0.15) is 12.0 Å². The van der Waals surface area contributed by atoms with E-state index in [-0.39, 0.29) is 17.7 Å². The van der Waals surface area contributed by atoms with Crippen LogP contribution in [0.15, 0.2) is 36.8 Å². The zero-order chi connectivity index (χ0) is 19.1. The largest absolute Gasteiger partial charge is 0.397 e. The van der Waals surface area contributed by atoms with Crippen molar-refractivity contribution in [2.75, 3.05) is 11.1 Å². The predicted octanol–water partition coefficient (Wildman–Crippen LogP) is 3.94. The molecule has 4 rings (SSSR count). The van der Waals surface area contributed by atoms with Gasteiger partial charge in [0.1, 0.15) is 5.82 Å². The molecule has 1 fully saturated rings. The number of hydrogen-bond donors (Lipinski definition) is 2. The first-order valence-corrected chi connectivity index (χ1v) is 8.86. The number of anilines is 2. The Kier molecular flexibility index (Phi) is 4.17. The number of aryl methyl sites for hydroxylation is 1. The molecule has 7 heteroatoms. The molecule has 0 aliphatic heterocycles. The third-order valence-electron chi connectivity index (χ3n) is 4.87. The Morgan fingerprint density at radius 2 is 2.19 bits per heavy atom. The number of aromatic nitrogens is 2. The molecule has 1 aliphatic rings. The average molecular weight is 378 g/mol. The lowest BCUT2D eigenvalue weighted by atomic mass is 9.99. The van der Waals surface area contributed by atoms with Crippen LogP contribution in [0.3, 0.4) is 0 Å². The Bertz CT molecular complexity index is 1120. The number of carbonyl (C=O) groups is 1. The van der Waals surface area contributed by atoms with Crippen molar-refractivity contribution in [3.63, 3.8) is 0 Å². The second kappa shape index (κ2) is 6.53. The van der Waals surface area contributed by atoms with Crippen molar-refractivity contribution in [2.45, 2.75) is 13.3 Å². The minimum absolute atomic E-state index is 0.182. The van der Waals surface area contributed by atoms with Crippen molar-refractivity contribution in [3.05, 3.63) is 47.4 Å². The zero-order valence-electron chi connectivity index (χ0n) is 14.5. The molecule has 0 saturated heterocycles. The lowest BCUT2D eigenvalue weighted by Crippen LogP contribution is -2.15. The highest BCUT2D eigenvalue weighted by Gasteiger charge is 2.43. The van der Waals surface area contributed by atoms with E-state index in [0.29, 0.717) is 28.3 Å². The van der Waals surface area contributed by atoms with Crippen LogP contribution in [0.25, 0.3) is 21.9 Å². The molecule has 0 radical (unpaired) electrons. The number of nitriles is 1. The Morgan fingerprint density at radius 3 is 2.89 bits per heavy atom. The molecular formula is C20H16ClN5O. The van der Waals surface area contributed by atoms with E-state index in [1.807, 2.05) is 19.1 Å². The molecule has 1 saturated carbocycles. The Balaban J connectivity index is 1.75. The fraction of sp³-hybridized carbons (Fsp3) is 0.200. The SMILES string of the molecule is Cc1ccncc1-c1cc2cc(NC(=O)[C@H]3C[C@@H]3C#N)ncc2c(N)c1Cl. The fourth-order valence-corrected chi connectivity index (χ4v) is 3.41. The number of fused-ring (bicyclic) bond motifs is 1. The second-order valence-electron chi connectivity index (χ2n) is 6.70. The van der Waals surface area contributed by atoms with Crippen molar-refractivity contribution >= 4 is 39.8 Å². The number of nitrogen functional groups attached to an aromatic ring is 1. The monoisotopic (exact) mass is 377 g/mol. The first-order chi connectivity index (χ1) is 13.0. The first-order valence-electron chi connectivity index (χ1n) is 8.48. The number of nitrogens with two attached hydrogens (primary N) is 1. The lowest BCUT2D eigenvalue weighted by molar-refractivity contribution is -0.117. The van der Waals surface area contributed by atoms with Gasteiger partial charge in [-0.15, -0.1) is 0 Å². The summed E-state index contributed by atoms with van der Waals surface area (Å²) in [6.07, 6.45) is 5.67. The summed E-state index contributed by atoms with van der Waals surface area (Å²) in [6.45, 7) is 1.98. The average Bonchev–Trinajstić information content (AvgIpc) is 3.45. The van der Waals surface area contributed by atoms with Crippen molar-refractivity contribution in [2.24, 2.45) is 11.8 Å². The topological polar surface area (TPSA) is 105 Å². The van der Waals surface area contributed by atoms with Crippen LogP contribution in [-0.4, -0.2) is 15.9 Å². The third kappa shape index (κ3) is 3.07. The molecule has 134 valence electrons. The smallest absolute Gasteiger partial charge is 0.230 e. The number of nitrogens with zero attached hydrogens (tertiary/aromatic N) is 3. The van der Waals surface area contributed by atoms with Gasteiger partial charge in [0.05, 0.1) is 28.6 Å². The number of hydrogen-bond acceptors (Lipinski definition) is 5. The summed E-state index contributed by atoms with van der Waals surface area (Å²) in [5.74, 6) is -0.207. The standard InChI is InChI=1S/C20H16ClN5O/c1-10-2-3-24-8-15(10)14-4-11-6-17(25-9-16(11)19(23)18(14)21)26-20(27)13-5-12(13)7-22/h2-4,6,8-9,12-13H,5,23H2,1H3,(H,25,26,27)/t12-,13+/m1/s1. The van der Waals surface area contributed by atoms with Crippen LogP contribution < -0.4 is 11.1 Å². The fourth-order valence-electron chi connectivity index (χ4n) is 3.15. The summed E-state index contributed by atoms with van der Waals surface area (Å²) in [5.41, 5.74) is 9.38. The maximum Gasteiger partial charge on any atom is 0.230 e. The molecule has 27 heavy (non-hydrogen) atoms. The Labute approximate surface area is 161 Å². The molecule has 0 spiro atoms. The first kappa shape index (κ1) is 17.3. The van der Waals surface area contributed by atoms with Gasteiger partial charge in [0.25, 0.3) is 0 Å². The van der Waals surface area contributed by atoms with Gasteiger partial charge >= 0.3 is 0 Å². The third-order valence-corrected chi connectivity index (χ3v) is 5.28. The van der Waals surface area contributed by atoms with E-state index < -0.39 is 0 Å². The molecule has 2 aromatic heterocycles. The van der Waals surface area contributed by atoms with Crippen LogP contribution in [0.2, 0.25) is 5.02 Å². The molecule has 3 N–H and O–H groups in total. The number of amides is 1. The molecule has 2 atom stereocenters. The molecular weight excluding hydrogens is 362 g/mol. The van der Waals surface area contributed by atoms with E-state index in [1.165, 1.54) is 0 Å². The van der Waals surface area contributed by atoms with Gasteiger partial charge in [0.15, 0.2) is 0 Å². The second-order valence-corrected chi connectivity index (χ2v) is 7.08. The van der Waals surface area contributed by atoms with Gasteiger partial charge in [0, 0.05) is 35.1 Å². The number of nitrogens with one attached hydrogen (secondary N) is 1. The quantitative estimate of drug-likeness (QED) is 0.672. The summed E-state index contributed by atoms with van der Waals surface area (Å²) in [6, 6.07) is 7.70. The molecule has 0 bridgehead atoms. The van der Waals surface area contributed by atoms with Gasteiger partial charge in [-0.25, -0.2) is 4.98 Å². The van der Waals surface area contributed by atoms with Crippen molar-refractivity contribution in [3.8, 4) is 17.2 Å². The Morgan fingerprint density at radius 1 is 1.37 bits per heavy atom. The zero-order valence-corrected chi connectivity index (χ0v) is 15.3. The number of rotatable bonds is 3. The van der Waals surface area contributed by atoms with Crippen molar-refractivity contribution < 1.29 is 4.79 Å². The van der Waals surface area contributed by atoms with E-state index in [2.05, 4.69) is 21.4 Å². The van der Waals surface area contributed by atoms with Gasteiger partial charge in [-0.1, -0.05) is 11.6 Å². The molecule has 1 aliphatic carbocycles. The van der Waals surface area contributed by atoms with E-state index in [4.69, 9.17) is 22.6 Å².